The van der Waals surface area contributed by atoms with Gasteiger partial charge in [-0.15, -0.1) is 5.10 Å². The molecule has 0 spiro atoms. The molecule has 1 heterocycles. The first-order chi connectivity index (χ1) is 6.33. The van der Waals surface area contributed by atoms with Crippen LogP contribution in [-0.2, 0) is 4.74 Å². The Morgan fingerprint density at radius 2 is 2.54 bits per heavy atom. The van der Waals surface area contributed by atoms with Gasteiger partial charge in [-0.25, -0.2) is 0 Å². The van der Waals surface area contributed by atoms with E-state index in [9.17, 15) is 0 Å². The minimum atomic E-state index is 0.507. The van der Waals surface area contributed by atoms with Crippen LogP contribution in [0.1, 0.15) is 6.92 Å². The molecule has 0 aliphatic carbocycles. The van der Waals surface area contributed by atoms with E-state index < -0.39 is 0 Å². The van der Waals surface area contributed by atoms with Crippen LogP contribution in [0.5, 0.6) is 0 Å². The van der Waals surface area contributed by atoms with E-state index in [2.05, 4.69) is 20.7 Å². The summed E-state index contributed by atoms with van der Waals surface area (Å²) in [5.74, 6) is 0.623. The van der Waals surface area contributed by atoms with E-state index in [1.165, 1.54) is 0 Å². The zero-order valence-corrected chi connectivity index (χ0v) is 7.69. The lowest BCUT2D eigenvalue weighted by Crippen LogP contribution is -2.05. The molecule has 0 radical (unpaired) electrons. The minimum Gasteiger partial charge on any atom is -0.379 e. The summed E-state index contributed by atoms with van der Waals surface area (Å²) in [4.78, 5) is 0. The highest BCUT2D eigenvalue weighted by Gasteiger charge is 1.91. The summed E-state index contributed by atoms with van der Waals surface area (Å²) in [7, 11) is 1.63. The summed E-state index contributed by atoms with van der Waals surface area (Å²) in [5, 5.41) is 11.5. The maximum Gasteiger partial charge on any atom is 0.168 e. The highest BCUT2D eigenvalue weighted by Crippen LogP contribution is 1.97. The Kier molecular flexibility index (Phi) is 3.84. The van der Waals surface area contributed by atoms with E-state index >= 15 is 0 Å². The molecule has 0 atom stereocenters. The second-order valence-corrected chi connectivity index (χ2v) is 2.50. The molecule has 0 fully saturated rings. The van der Waals surface area contributed by atoms with Crippen LogP contribution in [0.15, 0.2) is 23.4 Å². The fourth-order valence-corrected chi connectivity index (χ4v) is 0.755. The van der Waals surface area contributed by atoms with Gasteiger partial charge in [-0.05, 0) is 19.1 Å². The Labute approximate surface area is 76.8 Å². The third-order valence-electron chi connectivity index (χ3n) is 1.29. The molecule has 13 heavy (non-hydrogen) atoms. The number of nitrogens with one attached hydrogen (secondary N) is 1. The first kappa shape index (κ1) is 9.60. The summed E-state index contributed by atoms with van der Waals surface area (Å²) < 4.78 is 4.89. The van der Waals surface area contributed by atoms with Gasteiger partial charge in [0.1, 0.15) is 0 Å². The van der Waals surface area contributed by atoms with Crippen molar-refractivity contribution in [3.05, 3.63) is 18.3 Å². The van der Waals surface area contributed by atoms with E-state index in [0.717, 1.165) is 5.71 Å². The van der Waals surface area contributed by atoms with Gasteiger partial charge in [0.15, 0.2) is 5.82 Å². The summed E-state index contributed by atoms with van der Waals surface area (Å²) in [6, 6.07) is 3.58. The van der Waals surface area contributed by atoms with Crippen molar-refractivity contribution in [3.8, 4) is 0 Å². The molecule has 1 aromatic rings. The topological polar surface area (TPSA) is 59.4 Å². The van der Waals surface area contributed by atoms with Crippen LogP contribution in [0.3, 0.4) is 0 Å². The molecule has 0 unspecified atom stereocenters. The highest BCUT2D eigenvalue weighted by molar-refractivity contribution is 5.83. The number of aromatic nitrogens is 2. The molecule has 1 rings (SSSR count). The van der Waals surface area contributed by atoms with Crippen LogP contribution in [0, 0.1) is 0 Å². The Morgan fingerprint density at radius 3 is 3.15 bits per heavy atom. The van der Waals surface area contributed by atoms with Crippen LogP contribution in [0.4, 0.5) is 5.82 Å². The molecular weight excluding hydrogens is 168 g/mol. The van der Waals surface area contributed by atoms with Crippen LogP contribution in [0.25, 0.3) is 0 Å². The zero-order valence-electron chi connectivity index (χ0n) is 7.69. The average Bonchev–Trinajstić information content (AvgIpc) is 2.17. The van der Waals surface area contributed by atoms with E-state index in [1.807, 2.05) is 6.92 Å². The maximum atomic E-state index is 4.89. The molecule has 5 heteroatoms. The molecule has 1 aromatic heterocycles. The predicted molar refractivity (Wildman–Crippen MR) is 50.6 cm³/mol. The Hall–Kier alpha value is -1.49. The third-order valence-corrected chi connectivity index (χ3v) is 1.29. The molecule has 0 aliphatic heterocycles. The number of hydrazone groups is 1. The Bertz CT molecular complexity index is 273. The monoisotopic (exact) mass is 180 g/mol. The summed E-state index contributed by atoms with van der Waals surface area (Å²) >= 11 is 0. The SMILES string of the molecule is COC/C(C)=N/Nc1cccnn1. The lowest BCUT2D eigenvalue weighted by molar-refractivity contribution is 0.245. The Balaban J connectivity index is 2.47. The van der Waals surface area contributed by atoms with Gasteiger partial charge < -0.3 is 4.74 Å². The summed E-state index contributed by atoms with van der Waals surface area (Å²) in [6.07, 6.45) is 1.61. The van der Waals surface area contributed by atoms with Crippen molar-refractivity contribution >= 4 is 11.5 Å². The van der Waals surface area contributed by atoms with Gasteiger partial charge in [0.05, 0.1) is 12.3 Å². The fourth-order valence-electron chi connectivity index (χ4n) is 0.755. The molecule has 0 saturated carbocycles. The van der Waals surface area contributed by atoms with E-state index in [1.54, 1.807) is 25.4 Å². The smallest absolute Gasteiger partial charge is 0.168 e. The van der Waals surface area contributed by atoms with Gasteiger partial charge in [0.2, 0.25) is 0 Å². The lowest BCUT2D eigenvalue weighted by Gasteiger charge is -1.99. The number of anilines is 1. The van der Waals surface area contributed by atoms with Crippen molar-refractivity contribution in [1.82, 2.24) is 10.2 Å². The standard InChI is InChI=1S/C8H12N4O/c1-7(6-13-2)10-12-8-4-3-5-9-11-8/h3-5H,6H2,1-2H3,(H,11,12)/b10-7+. The molecule has 0 aliphatic rings. The average molecular weight is 180 g/mol. The first-order valence-electron chi connectivity index (χ1n) is 3.88. The van der Waals surface area contributed by atoms with Crippen LogP contribution >= 0.6 is 0 Å². The quantitative estimate of drug-likeness (QED) is 0.552. The van der Waals surface area contributed by atoms with Crippen molar-refractivity contribution < 1.29 is 4.74 Å². The van der Waals surface area contributed by atoms with Gasteiger partial charge in [-0.2, -0.15) is 10.2 Å². The van der Waals surface area contributed by atoms with E-state index in [-0.39, 0.29) is 0 Å². The first-order valence-corrected chi connectivity index (χ1v) is 3.88. The van der Waals surface area contributed by atoms with Crippen LogP contribution in [-0.4, -0.2) is 29.6 Å². The second-order valence-electron chi connectivity index (χ2n) is 2.50. The molecule has 0 bridgehead atoms. The fraction of sp³-hybridized carbons (Fsp3) is 0.375. The van der Waals surface area contributed by atoms with Gasteiger partial charge >= 0.3 is 0 Å². The third kappa shape index (κ3) is 3.62. The molecule has 1 N–H and O–H groups in total. The highest BCUT2D eigenvalue weighted by atomic mass is 16.5. The van der Waals surface area contributed by atoms with Gasteiger partial charge in [-0.1, -0.05) is 0 Å². The normalized spacial score (nSPS) is 11.4. The van der Waals surface area contributed by atoms with Crippen molar-refractivity contribution in [2.45, 2.75) is 6.92 Å². The molecular formula is C8H12N4O. The van der Waals surface area contributed by atoms with E-state index in [0.29, 0.717) is 12.4 Å². The van der Waals surface area contributed by atoms with Gasteiger partial charge in [0, 0.05) is 13.3 Å². The maximum absolute atomic E-state index is 4.89. The van der Waals surface area contributed by atoms with Crippen LogP contribution in [0.2, 0.25) is 0 Å². The van der Waals surface area contributed by atoms with Gasteiger partial charge in [0.25, 0.3) is 0 Å². The summed E-state index contributed by atoms with van der Waals surface area (Å²) in [6.45, 7) is 2.38. The zero-order chi connectivity index (χ0) is 9.52. The molecule has 0 aromatic carbocycles. The predicted octanol–water partition coefficient (Wildman–Crippen LogP) is 0.911. The minimum absolute atomic E-state index is 0.507. The van der Waals surface area contributed by atoms with Crippen molar-refractivity contribution in [1.29, 1.82) is 0 Å². The van der Waals surface area contributed by atoms with Crippen LogP contribution < -0.4 is 5.43 Å². The van der Waals surface area contributed by atoms with E-state index in [4.69, 9.17) is 4.74 Å². The number of hydrogen-bond donors (Lipinski definition) is 1. The van der Waals surface area contributed by atoms with Gasteiger partial charge in [-0.3, -0.25) is 5.43 Å². The second kappa shape index (κ2) is 5.21. The largest absolute Gasteiger partial charge is 0.379 e. The number of nitrogens with zero attached hydrogens (tertiary/aromatic N) is 3. The molecule has 0 saturated heterocycles. The number of rotatable bonds is 4. The van der Waals surface area contributed by atoms with Crippen molar-refractivity contribution in [2.24, 2.45) is 5.10 Å². The van der Waals surface area contributed by atoms with Crippen molar-refractivity contribution in [3.63, 3.8) is 0 Å². The lowest BCUT2D eigenvalue weighted by atomic mass is 10.5. The molecule has 70 valence electrons. The number of hydrogen-bond acceptors (Lipinski definition) is 5. The van der Waals surface area contributed by atoms with Crippen molar-refractivity contribution in [2.75, 3.05) is 19.1 Å². The number of methoxy groups -OCH3 is 1. The molecule has 0 amide bonds. The summed E-state index contributed by atoms with van der Waals surface area (Å²) in [5.41, 5.74) is 3.62. The molecule has 5 nitrogen and oxygen atoms in total. The Morgan fingerprint density at radius 1 is 1.69 bits per heavy atom. The number of ether oxygens (including phenoxy) is 1.